The van der Waals surface area contributed by atoms with E-state index in [0.29, 0.717) is 5.75 Å². The molecule has 0 aliphatic rings. The minimum atomic E-state index is -3.95. The standard InChI is InChI=1S/C16H16N2O6S/c1-10(19)17-14-9-13(7-8-15(14)24-2)25(22,23)18-12-5-3-11(4-6-12)16(20)21/h3-9,18H,1-2H3,(H,17,19)(H,20,21)/p-1. The quantitative estimate of drug-likeness (QED) is 0.783. The molecule has 2 rings (SSSR count). The molecule has 0 aromatic heterocycles. The molecule has 0 atom stereocenters. The van der Waals surface area contributed by atoms with E-state index >= 15 is 0 Å². The number of sulfonamides is 1. The van der Waals surface area contributed by atoms with Gasteiger partial charge in [0.05, 0.1) is 23.7 Å². The van der Waals surface area contributed by atoms with Crippen molar-refractivity contribution in [2.45, 2.75) is 11.8 Å². The smallest absolute Gasteiger partial charge is 0.261 e. The largest absolute Gasteiger partial charge is 0.545 e. The van der Waals surface area contributed by atoms with Crippen molar-refractivity contribution in [2.75, 3.05) is 17.1 Å². The highest BCUT2D eigenvalue weighted by atomic mass is 32.2. The number of anilines is 2. The SMILES string of the molecule is COc1ccc(S(=O)(=O)Nc2ccc(C(=O)[O-])cc2)cc1NC(C)=O. The summed E-state index contributed by atoms with van der Waals surface area (Å²) in [5.74, 6) is -1.42. The lowest BCUT2D eigenvalue weighted by molar-refractivity contribution is -0.255. The average molecular weight is 363 g/mol. The summed E-state index contributed by atoms with van der Waals surface area (Å²) in [5, 5.41) is 13.2. The van der Waals surface area contributed by atoms with Gasteiger partial charge < -0.3 is 20.0 Å². The Morgan fingerprint density at radius 1 is 1.08 bits per heavy atom. The number of nitrogens with one attached hydrogen (secondary N) is 2. The van der Waals surface area contributed by atoms with Gasteiger partial charge in [0.15, 0.2) is 0 Å². The monoisotopic (exact) mass is 363 g/mol. The van der Waals surface area contributed by atoms with Gasteiger partial charge in [0, 0.05) is 12.6 Å². The van der Waals surface area contributed by atoms with Crippen molar-refractivity contribution in [3.8, 4) is 5.75 Å². The van der Waals surface area contributed by atoms with E-state index in [-0.39, 0.29) is 27.7 Å². The maximum Gasteiger partial charge on any atom is 0.261 e. The maximum absolute atomic E-state index is 12.5. The summed E-state index contributed by atoms with van der Waals surface area (Å²) in [6.07, 6.45) is 0. The molecule has 0 aliphatic heterocycles. The first kappa shape index (κ1) is 18.3. The van der Waals surface area contributed by atoms with Crippen molar-refractivity contribution >= 4 is 33.3 Å². The highest BCUT2D eigenvalue weighted by molar-refractivity contribution is 7.92. The fourth-order valence-electron chi connectivity index (χ4n) is 2.03. The van der Waals surface area contributed by atoms with E-state index in [1.54, 1.807) is 0 Å². The van der Waals surface area contributed by atoms with Crippen LogP contribution in [0.1, 0.15) is 17.3 Å². The molecule has 0 bridgehead atoms. The van der Waals surface area contributed by atoms with Gasteiger partial charge in [0.1, 0.15) is 5.75 Å². The number of carbonyl (C=O) groups is 2. The average Bonchev–Trinajstić information content (AvgIpc) is 2.54. The molecule has 9 heteroatoms. The zero-order valence-electron chi connectivity index (χ0n) is 13.4. The van der Waals surface area contributed by atoms with Crippen LogP contribution in [-0.4, -0.2) is 27.4 Å². The Kier molecular flexibility index (Phi) is 5.28. The van der Waals surface area contributed by atoms with Crippen LogP contribution in [0.3, 0.4) is 0 Å². The molecular formula is C16H15N2O6S-. The van der Waals surface area contributed by atoms with Crippen LogP contribution in [0.15, 0.2) is 47.4 Å². The predicted octanol–water partition coefficient (Wildman–Crippen LogP) is 0.818. The van der Waals surface area contributed by atoms with Gasteiger partial charge in [-0.15, -0.1) is 0 Å². The first-order chi connectivity index (χ1) is 11.7. The molecule has 25 heavy (non-hydrogen) atoms. The molecule has 8 nitrogen and oxygen atoms in total. The van der Waals surface area contributed by atoms with Gasteiger partial charge in [-0.1, -0.05) is 12.1 Å². The van der Waals surface area contributed by atoms with Gasteiger partial charge in [0.2, 0.25) is 5.91 Å². The summed E-state index contributed by atoms with van der Waals surface area (Å²) < 4.78 is 32.3. The number of carbonyl (C=O) groups excluding carboxylic acids is 2. The molecule has 0 heterocycles. The molecule has 132 valence electrons. The fourth-order valence-corrected chi connectivity index (χ4v) is 3.11. The van der Waals surface area contributed by atoms with E-state index in [1.165, 1.54) is 56.5 Å². The summed E-state index contributed by atoms with van der Waals surface area (Å²) in [6, 6.07) is 9.06. The van der Waals surface area contributed by atoms with Crippen molar-refractivity contribution in [1.29, 1.82) is 0 Å². The number of aromatic carboxylic acids is 1. The van der Waals surface area contributed by atoms with E-state index in [1.807, 2.05) is 0 Å². The first-order valence-electron chi connectivity index (χ1n) is 7.03. The Bertz CT molecular complexity index is 907. The van der Waals surface area contributed by atoms with Gasteiger partial charge in [0.25, 0.3) is 10.0 Å². The Labute approximate surface area is 144 Å². The zero-order chi connectivity index (χ0) is 18.6. The molecule has 0 spiro atoms. The van der Waals surface area contributed by atoms with E-state index in [2.05, 4.69) is 10.0 Å². The lowest BCUT2D eigenvalue weighted by atomic mass is 10.2. The molecule has 0 unspecified atom stereocenters. The van der Waals surface area contributed by atoms with Gasteiger partial charge in [-0.05, 0) is 35.9 Å². The predicted molar refractivity (Wildman–Crippen MR) is 88.9 cm³/mol. The number of hydrogen-bond acceptors (Lipinski definition) is 6. The third-order valence-corrected chi connectivity index (χ3v) is 4.54. The number of rotatable bonds is 6. The maximum atomic E-state index is 12.5. The fraction of sp³-hybridized carbons (Fsp3) is 0.125. The van der Waals surface area contributed by atoms with Gasteiger partial charge in [-0.2, -0.15) is 0 Å². The van der Waals surface area contributed by atoms with Gasteiger partial charge in [-0.25, -0.2) is 8.42 Å². The third kappa shape index (κ3) is 4.48. The van der Waals surface area contributed by atoms with E-state index in [4.69, 9.17) is 4.74 Å². The van der Waals surface area contributed by atoms with Gasteiger partial charge >= 0.3 is 0 Å². The topological polar surface area (TPSA) is 125 Å². The summed E-state index contributed by atoms with van der Waals surface area (Å²) in [6.45, 7) is 1.29. The highest BCUT2D eigenvalue weighted by Crippen LogP contribution is 2.28. The van der Waals surface area contributed by atoms with Crippen molar-refractivity contribution in [2.24, 2.45) is 0 Å². The molecule has 2 aromatic rings. The zero-order valence-corrected chi connectivity index (χ0v) is 14.2. The van der Waals surface area contributed by atoms with Crippen LogP contribution >= 0.6 is 0 Å². The Hall–Kier alpha value is -3.07. The van der Waals surface area contributed by atoms with Gasteiger partial charge in [-0.3, -0.25) is 9.52 Å². The van der Waals surface area contributed by atoms with E-state index in [9.17, 15) is 23.1 Å². The van der Waals surface area contributed by atoms with E-state index in [0.717, 1.165) is 0 Å². The lowest BCUT2D eigenvalue weighted by Gasteiger charge is -2.13. The normalized spacial score (nSPS) is 10.8. The molecular weight excluding hydrogens is 348 g/mol. The second-order valence-corrected chi connectivity index (χ2v) is 6.70. The summed E-state index contributed by atoms with van der Waals surface area (Å²) >= 11 is 0. The van der Waals surface area contributed by atoms with Crippen LogP contribution in [0.25, 0.3) is 0 Å². The van der Waals surface area contributed by atoms with Crippen molar-refractivity contribution in [3.05, 3.63) is 48.0 Å². The van der Waals surface area contributed by atoms with Crippen LogP contribution in [0.2, 0.25) is 0 Å². The molecule has 0 fully saturated rings. The minimum absolute atomic E-state index is 0.0691. The summed E-state index contributed by atoms with van der Waals surface area (Å²) in [5.41, 5.74) is 0.326. The minimum Gasteiger partial charge on any atom is -0.545 e. The third-order valence-electron chi connectivity index (χ3n) is 3.16. The molecule has 0 saturated heterocycles. The van der Waals surface area contributed by atoms with Crippen molar-refractivity contribution in [1.82, 2.24) is 0 Å². The Morgan fingerprint density at radius 3 is 2.24 bits per heavy atom. The molecule has 0 aliphatic carbocycles. The second-order valence-electron chi connectivity index (χ2n) is 5.01. The number of carboxylic acids is 1. The van der Waals surface area contributed by atoms with Crippen LogP contribution in [0.4, 0.5) is 11.4 Å². The summed E-state index contributed by atoms with van der Waals surface area (Å²) in [7, 11) is -2.55. The number of carboxylic acid groups (broad SMARTS) is 1. The van der Waals surface area contributed by atoms with Crippen LogP contribution in [0, 0.1) is 0 Å². The van der Waals surface area contributed by atoms with Crippen LogP contribution < -0.4 is 19.9 Å². The van der Waals surface area contributed by atoms with Crippen LogP contribution in [0.5, 0.6) is 5.75 Å². The molecule has 2 aromatic carbocycles. The summed E-state index contributed by atoms with van der Waals surface area (Å²) in [4.78, 5) is 21.8. The second kappa shape index (κ2) is 7.22. The number of ether oxygens (including phenoxy) is 1. The number of benzene rings is 2. The van der Waals surface area contributed by atoms with E-state index < -0.39 is 16.0 Å². The molecule has 0 saturated carbocycles. The highest BCUT2D eigenvalue weighted by Gasteiger charge is 2.17. The van der Waals surface area contributed by atoms with Crippen molar-refractivity contribution < 1.29 is 27.9 Å². The first-order valence-corrected chi connectivity index (χ1v) is 8.51. The number of amides is 1. The number of hydrogen-bond donors (Lipinski definition) is 2. The molecule has 2 N–H and O–H groups in total. The van der Waals surface area contributed by atoms with Crippen LogP contribution in [-0.2, 0) is 14.8 Å². The Balaban J connectivity index is 2.32. The van der Waals surface area contributed by atoms with Crippen molar-refractivity contribution in [3.63, 3.8) is 0 Å². The molecule has 1 amide bonds. The molecule has 0 radical (unpaired) electrons. The number of methoxy groups -OCH3 is 1. The Morgan fingerprint density at radius 2 is 1.72 bits per heavy atom. The lowest BCUT2D eigenvalue weighted by Crippen LogP contribution is -2.22.